The number of carbonyl (C=O) groups is 1. The minimum Gasteiger partial charge on any atom is -0.457 e. The number of primary amides is 1. The lowest BCUT2D eigenvalue weighted by Gasteiger charge is -2.19. The third-order valence-electron chi connectivity index (χ3n) is 5.79. The number of amides is 1. The van der Waals surface area contributed by atoms with Gasteiger partial charge in [0.2, 0.25) is 0 Å². The summed E-state index contributed by atoms with van der Waals surface area (Å²) in [6.45, 7) is 2.43. The summed E-state index contributed by atoms with van der Waals surface area (Å²) >= 11 is 0. The van der Waals surface area contributed by atoms with Gasteiger partial charge in [-0.05, 0) is 42.7 Å². The van der Waals surface area contributed by atoms with Crippen molar-refractivity contribution >= 4 is 17.5 Å². The van der Waals surface area contributed by atoms with Gasteiger partial charge in [-0.1, -0.05) is 36.4 Å². The van der Waals surface area contributed by atoms with Gasteiger partial charge in [0, 0.05) is 25.7 Å². The minimum atomic E-state index is -0.693. The van der Waals surface area contributed by atoms with E-state index < -0.39 is 5.91 Å². The molecule has 0 spiro atoms. The SMILES string of the molecule is N#C/C(=C\CCN1CCC(Nc2ncnc(N)c2-c2ccc(Oc3ccccc3)cc2)C1)C(N)=O. The average Bonchev–Trinajstić information content (AvgIpc) is 3.30. The molecule has 9 heteroatoms. The fourth-order valence-electron chi connectivity index (χ4n) is 4.05. The molecule has 2 heterocycles. The van der Waals surface area contributed by atoms with E-state index in [1.807, 2.05) is 60.7 Å². The molecule has 1 unspecified atom stereocenters. The monoisotopic (exact) mass is 469 g/mol. The molecule has 0 bridgehead atoms. The molecule has 2 aromatic carbocycles. The zero-order valence-electron chi connectivity index (χ0n) is 19.2. The Bertz CT molecular complexity index is 1240. The Kier molecular flexibility index (Phi) is 7.55. The van der Waals surface area contributed by atoms with E-state index in [0.717, 1.165) is 48.7 Å². The Morgan fingerprint density at radius 2 is 1.91 bits per heavy atom. The number of nitrogens with zero attached hydrogens (tertiary/aromatic N) is 4. The van der Waals surface area contributed by atoms with Crippen molar-refractivity contribution in [2.24, 2.45) is 5.73 Å². The van der Waals surface area contributed by atoms with E-state index in [1.54, 1.807) is 6.08 Å². The number of carbonyl (C=O) groups excluding carboxylic acids is 1. The van der Waals surface area contributed by atoms with E-state index in [-0.39, 0.29) is 11.6 Å². The van der Waals surface area contributed by atoms with E-state index in [9.17, 15) is 4.79 Å². The van der Waals surface area contributed by atoms with E-state index in [1.165, 1.54) is 6.33 Å². The lowest BCUT2D eigenvalue weighted by molar-refractivity contribution is -0.114. The number of benzene rings is 2. The Morgan fingerprint density at radius 1 is 1.17 bits per heavy atom. The highest BCUT2D eigenvalue weighted by atomic mass is 16.5. The summed E-state index contributed by atoms with van der Waals surface area (Å²) in [7, 11) is 0. The molecule has 1 aromatic heterocycles. The second kappa shape index (κ2) is 11.1. The molecular formula is C26H27N7O2. The third kappa shape index (κ3) is 6.13. The number of hydrogen-bond donors (Lipinski definition) is 3. The quantitative estimate of drug-likeness (QED) is 0.320. The number of para-hydroxylation sites is 1. The smallest absolute Gasteiger partial charge is 0.259 e. The second-order valence-electron chi connectivity index (χ2n) is 8.24. The van der Waals surface area contributed by atoms with Gasteiger partial charge in [0.25, 0.3) is 5.91 Å². The van der Waals surface area contributed by atoms with Crippen LogP contribution in [0.1, 0.15) is 12.8 Å². The van der Waals surface area contributed by atoms with Gasteiger partial charge in [0.05, 0.1) is 5.56 Å². The molecule has 1 aliphatic rings. The molecule has 178 valence electrons. The van der Waals surface area contributed by atoms with Crippen LogP contribution < -0.4 is 21.5 Å². The van der Waals surface area contributed by atoms with Crippen LogP contribution in [0.4, 0.5) is 11.6 Å². The molecule has 1 amide bonds. The molecule has 5 N–H and O–H groups in total. The van der Waals surface area contributed by atoms with E-state index in [0.29, 0.717) is 18.1 Å². The summed E-state index contributed by atoms with van der Waals surface area (Å²) < 4.78 is 5.89. The predicted molar refractivity (Wildman–Crippen MR) is 134 cm³/mol. The molecule has 0 saturated carbocycles. The standard InChI is InChI=1S/C26H27N7O2/c27-15-19(25(29)34)5-4-13-33-14-12-20(16-33)32-26-23(24(28)30-17-31-26)18-8-10-22(11-9-18)35-21-6-2-1-3-7-21/h1-3,5-11,17,20H,4,12-14,16H2,(H2,29,34)(H3,28,30,31,32)/b19-5+. The second-order valence-corrected chi connectivity index (χ2v) is 8.24. The number of nitrogens with two attached hydrogens (primary N) is 2. The summed E-state index contributed by atoms with van der Waals surface area (Å²) in [4.78, 5) is 22.1. The van der Waals surface area contributed by atoms with Crippen LogP contribution in [0.25, 0.3) is 11.1 Å². The Hall–Kier alpha value is -4.42. The van der Waals surface area contributed by atoms with Crippen LogP contribution in [-0.2, 0) is 4.79 Å². The maximum atomic E-state index is 11.2. The van der Waals surface area contributed by atoms with Gasteiger partial charge >= 0.3 is 0 Å². The lowest BCUT2D eigenvalue weighted by atomic mass is 10.1. The van der Waals surface area contributed by atoms with Gasteiger partial charge in [0.15, 0.2) is 0 Å². The van der Waals surface area contributed by atoms with E-state index >= 15 is 0 Å². The number of rotatable bonds is 9. The zero-order chi connectivity index (χ0) is 24.6. The Morgan fingerprint density at radius 3 is 2.63 bits per heavy atom. The van der Waals surface area contributed by atoms with Crippen molar-refractivity contribution in [3.8, 4) is 28.7 Å². The molecule has 0 aliphatic carbocycles. The number of nitrogens with one attached hydrogen (secondary N) is 1. The first-order valence-corrected chi connectivity index (χ1v) is 11.4. The number of aromatic nitrogens is 2. The van der Waals surface area contributed by atoms with Crippen LogP contribution in [0.2, 0.25) is 0 Å². The fraction of sp³-hybridized carbons (Fsp3) is 0.231. The summed E-state index contributed by atoms with van der Waals surface area (Å²) in [5.74, 6) is 1.88. The van der Waals surface area contributed by atoms with Crippen molar-refractivity contribution in [1.29, 1.82) is 5.26 Å². The van der Waals surface area contributed by atoms with Crippen molar-refractivity contribution < 1.29 is 9.53 Å². The van der Waals surface area contributed by atoms with Crippen LogP contribution in [0.3, 0.4) is 0 Å². The molecule has 1 fully saturated rings. The van der Waals surface area contributed by atoms with Crippen LogP contribution in [0.5, 0.6) is 11.5 Å². The van der Waals surface area contributed by atoms with E-state index in [2.05, 4.69) is 20.2 Å². The van der Waals surface area contributed by atoms with Crippen molar-refractivity contribution in [1.82, 2.24) is 14.9 Å². The number of anilines is 2. The first kappa shape index (κ1) is 23.7. The first-order valence-electron chi connectivity index (χ1n) is 11.4. The number of nitriles is 1. The molecular weight excluding hydrogens is 442 g/mol. The topological polar surface area (TPSA) is 143 Å². The minimum absolute atomic E-state index is 0.000150. The average molecular weight is 470 g/mol. The number of nitrogen functional groups attached to an aromatic ring is 1. The highest BCUT2D eigenvalue weighted by Crippen LogP contribution is 2.33. The fourth-order valence-corrected chi connectivity index (χ4v) is 4.05. The summed E-state index contributed by atoms with van der Waals surface area (Å²) in [5.41, 5.74) is 13.1. The first-order chi connectivity index (χ1) is 17.0. The normalized spacial score (nSPS) is 16.0. The Labute approximate surface area is 204 Å². The molecule has 1 aliphatic heterocycles. The summed E-state index contributed by atoms with van der Waals surface area (Å²) in [6, 6.07) is 19.3. The van der Waals surface area contributed by atoms with Crippen molar-refractivity contribution in [3.05, 3.63) is 72.6 Å². The molecule has 1 atom stereocenters. The summed E-state index contributed by atoms with van der Waals surface area (Å²) in [5, 5.41) is 12.5. The van der Waals surface area contributed by atoms with Crippen molar-refractivity contribution in [3.63, 3.8) is 0 Å². The molecule has 0 radical (unpaired) electrons. The van der Waals surface area contributed by atoms with Gasteiger partial charge in [-0.2, -0.15) is 5.26 Å². The molecule has 3 aromatic rings. The van der Waals surface area contributed by atoms with Crippen LogP contribution in [-0.4, -0.2) is 46.5 Å². The van der Waals surface area contributed by atoms with Gasteiger partial charge in [-0.25, -0.2) is 9.97 Å². The predicted octanol–water partition coefficient (Wildman–Crippen LogP) is 3.33. The van der Waals surface area contributed by atoms with Crippen molar-refractivity contribution in [2.45, 2.75) is 18.9 Å². The lowest BCUT2D eigenvalue weighted by Crippen LogP contribution is -2.27. The Balaban J connectivity index is 1.41. The molecule has 1 saturated heterocycles. The maximum absolute atomic E-state index is 11.2. The van der Waals surface area contributed by atoms with Gasteiger partial charge in [-0.3, -0.25) is 4.79 Å². The number of likely N-dealkylation sites (tertiary alicyclic amines) is 1. The number of ether oxygens (including phenoxy) is 1. The number of hydrogen-bond acceptors (Lipinski definition) is 8. The molecule has 35 heavy (non-hydrogen) atoms. The van der Waals surface area contributed by atoms with E-state index in [4.69, 9.17) is 21.5 Å². The van der Waals surface area contributed by atoms with Crippen LogP contribution >= 0.6 is 0 Å². The molecule has 9 nitrogen and oxygen atoms in total. The van der Waals surface area contributed by atoms with Crippen molar-refractivity contribution in [2.75, 3.05) is 30.7 Å². The highest BCUT2D eigenvalue weighted by Gasteiger charge is 2.24. The third-order valence-corrected chi connectivity index (χ3v) is 5.79. The highest BCUT2D eigenvalue weighted by molar-refractivity contribution is 5.95. The zero-order valence-corrected chi connectivity index (χ0v) is 19.2. The molecule has 4 rings (SSSR count). The van der Waals surface area contributed by atoms with Crippen LogP contribution in [0.15, 0.2) is 72.6 Å². The van der Waals surface area contributed by atoms with Crippen LogP contribution in [0, 0.1) is 11.3 Å². The van der Waals surface area contributed by atoms with Gasteiger partial charge < -0.3 is 26.4 Å². The van der Waals surface area contributed by atoms with Gasteiger partial charge in [0.1, 0.15) is 41.1 Å². The largest absolute Gasteiger partial charge is 0.457 e. The summed E-state index contributed by atoms with van der Waals surface area (Å²) in [6.07, 6.45) is 4.57. The maximum Gasteiger partial charge on any atom is 0.259 e. The van der Waals surface area contributed by atoms with Gasteiger partial charge in [-0.15, -0.1) is 0 Å².